The number of hydrogen-bond donors (Lipinski definition) is 2. The van der Waals surface area contributed by atoms with Gasteiger partial charge in [0.1, 0.15) is 0 Å². The van der Waals surface area contributed by atoms with E-state index in [4.69, 9.17) is 0 Å². The van der Waals surface area contributed by atoms with Crippen molar-refractivity contribution in [3.63, 3.8) is 0 Å². The molecule has 0 saturated carbocycles. The van der Waals surface area contributed by atoms with Crippen molar-refractivity contribution in [3.8, 4) is 0 Å². The fourth-order valence-corrected chi connectivity index (χ4v) is 3.45. The lowest BCUT2D eigenvalue weighted by Gasteiger charge is -2.32. The maximum atomic E-state index is 12.0. The van der Waals surface area contributed by atoms with Gasteiger partial charge >= 0.3 is 0 Å². The van der Waals surface area contributed by atoms with Crippen LogP contribution in [0.2, 0.25) is 0 Å². The van der Waals surface area contributed by atoms with Crippen molar-refractivity contribution in [2.45, 2.75) is 39.7 Å². The second-order valence-electron chi connectivity index (χ2n) is 5.00. The zero-order chi connectivity index (χ0) is 12.9. The smallest absolute Gasteiger partial charge is 0.279 e. The van der Waals surface area contributed by atoms with E-state index in [1.54, 1.807) is 4.31 Å². The van der Waals surface area contributed by atoms with E-state index in [-0.39, 0.29) is 0 Å². The van der Waals surface area contributed by atoms with Crippen LogP contribution in [0.1, 0.15) is 33.6 Å². The van der Waals surface area contributed by atoms with E-state index in [9.17, 15) is 8.42 Å². The summed E-state index contributed by atoms with van der Waals surface area (Å²) in [4.78, 5) is 0. The quantitative estimate of drug-likeness (QED) is 0.736. The zero-order valence-electron chi connectivity index (χ0n) is 11.1. The molecule has 5 nitrogen and oxygen atoms in total. The Morgan fingerprint density at radius 3 is 2.71 bits per heavy atom. The molecule has 0 aromatic carbocycles. The second kappa shape index (κ2) is 6.68. The molecular formula is C11H25N3O2S. The van der Waals surface area contributed by atoms with Crippen LogP contribution in [-0.2, 0) is 10.2 Å². The van der Waals surface area contributed by atoms with Gasteiger partial charge in [-0.25, -0.2) is 4.72 Å². The van der Waals surface area contributed by atoms with Crippen LogP contribution >= 0.6 is 0 Å². The highest BCUT2D eigenvalue weighted by molar-refractivity contribution is 7.87. The van der Waals surface area contributed by atoms with Crippen molar-refractivity contribution in [1.29, 1.82) is 0 Å². The SMILES string of the molecule is CCNC1CCCN(S(=O)(=O)NCC(C)C)C1. The minimum Gasteiger partial charge on any atom is -0.313 e. The van der Waals surface area contributed by atoms with E-state index in [1.165, 1.54) is 0 Å². The molecule has 2 N–H and O–H groups in total. The first-order valence-corrected chi connectivity index (χ1v) is 7.87. The molecule has 0 aromatic heterocycles. The van der Waals surface area contributed by atoms with E-state index in [2.05, 4.69) is 10.0 Å². The summed E-state index contributed by atoms with van der Waals surface area (Å²) in [5.41, 5.74) is 0. The van der Waals surface area contributed by atoms with Crippen LogP contribution in [0.3, 0.4) is 0 Å². The summed E-state index contributed by atoms with van der Waals surface area (Å²) in [6, 6.07) is 0.296. The molecule has 1 saturated heterocycles. The Morgan fingerprint density at radius 1 is 1.41 bits per heavy atom. The van der Waals surface area contributed by atoms with Crippen LogP contribution in [0.4, 0.5) is 0 Å². The van der Waals surface area contributed by atoms with Gasteiger partial charge in [0.15, 0.2) is 0 Å². The van der Waals surface area contributed by atoms with Gasteiger partial charge in [-0.1, -0.05) is 20.8 Å². The van der Waals surface area contributed by atoms with Gasteiger partial charge in [0.25, 0.3) is 10.2 Å². The fraction of sp³-hybridized carbons (Fsp3) is 1.00. The molecule has 1 atom stereocenters. The molecule has 0 amide bonds. The van der Waals surface area contributed by atoms with Crippen molar-refractivity contribution in [3.05, 3.63) is 0 Å². The average molecular weight is 263 g/mol. The van der Waals surface area contributed by atoms with Gasteiger partial charge < -0.3 is 5.32 Å². The molecular weight excluding hydrogens is 238 g/mol. The molecule has 17 heavy (non-hydrogen) atoms. The molecule has 1 heterocycles. The zero-order valence-corrected chi connectivity index (χ0v) is 11.9. The van der Waals surface area contributed by atoms with E-state index in [1.807, 2.05) is 20.8 Å². The molecule has 102 valence electrons. The summed E-state index contributed by atoms with van der Waals surface area (Å²) in [5.74, 6) is 0.333. The maximum Gasteiger partial charge on any atom is 0.279 e. The van der Waals surface area contributed by atoms with E-state index >= 15 is 0 Å². The maximum absolute atomic E-state index is 12.0. The first-order chi connectivity index (χ1) is 7.95. The van der Waals surface area contributed by atoms with Crippen LogP contribution in [0.25, 0.3) is 0 Å². The van der Waals surface area contributed by atoms with Crippen molar-refractivity contribution in [2.24, 2.45) is 5.92 Å². The number of likely N-dealkylation sites (N-methyl/N-ethyl adjacent to an activating group) is 1. The Balaban J connectivity index is 2.52. The first-order valence-electron chi connectivity index (χ1n) is 6.43. The molecule has 0 bridgehead atoms. The number of nitrogens with one attached hydrogen (secondary N) is 2. The largest absolute Gasteiger partial charge is 0.313 e. The molecule has 0 radical (unpaired) electrons. The van der Waals surface area contributed by atoms with E-state index < -0.39 is 10.2 Å². The Bertz CT molecular complexity index is 315. The van der Waals surface area contributed by atoms with Crippen molar-refractivity contribution in [2.75, 3.05) is 26.2 Å². The summed E-state index contributed by atoms with van der Waals surface area (Å²) < 4.78 is 28.3. The highest BCUT2D eigenvalue weighted by Crippen LogP contribution is 2.13. The lowest BCUT2D eigenvalue weighted by atomic mass is 10.1. The number of piperidine rings is 1. The Hall–Kier alpha value is -0.170. The normalized spacial score (nSPS) is 23.2. The van der Waals surface area contributed by atoms with Gasteiger partial charge in [0.2, 0.25) is 0 Å². The number of nitrogens with zero attached hydrogens (tertiary/aromatic N) is 1. The molecule has 0 aromatic rings. The van der Waals surface area contributed by atoms with Gasteiger partial charge in [0, 0.05) is 25.7 Å². The first kappa shape index (κ1) is 14.9. The molecule has 6 heteroatoms. The number of hydrogen-bond acceptors (Lipinski definition) is 3. The van der Waals surface area contributed by atoms with Crippen LogP contribution in [0, 0.1) is 5.92 Å². The van der Waals surface area contributed by atoms with Crippen LogP contribution in [0.5, 0.6) is 0 Å². The Kier molecular flexibility index (Phi) is 5.85. The number of rotatable bonds is 6. The van der Waals surface area contributed by atoms with E-state index in [0.717, 1.165) is 19.4 Å². The fourth-order valence-electron chi connectivity index (χ4n) is 1.98. The average Bonchev–Trinajstić information content (AvgIpc) is 2.27. The minimum absolute atomic E-state index is 0.296. The van der Waals surface area contributed by atoms with Crippen LogP contribution < -0.4 is 10.0 Å². The molecule has 1 unspecified atom stereocenters. The second-order valence-corrected chi connectivity index (χ2v) is 6.76. The van der Waals surface area contributed by atoms with Gasteiger partial charge in [-0.15, -0.1) is 0 Å². The van der Waals surface area contributed by atoms with Crippen molar-refractivity contribution in [1.82, 2.24) is 14.3 Å². The van der Waals surface area contributed by atoms with Gasteiger partial charge in [-0.3, -0.25) is 0 Å². The minimum atomic E-state index is -3.29. The van der Waals surface area contributed by atoms with Crippen LogP contribution in [-0.4, -0.2) is 44.9 Å². The molecule has 1 aliphatic heterocycles. The third kappa shape index (κ3) is 4.91. The summed E-state index contributed by atoms with van der Waals surface area (Å²) in [6.07, 6.45) is 1.99. The summed E-state index contributed by atoms with van der Waals surface area (Å²) >= 11 is 0. The summed E-state index contributed by atoms with van der Waals surface area (Å²) in [5, 5.41) is 3.32. The summed E-state index contributed by atoms with van der Waals surface area (Å²) in [6.45, 7) is 8.66. The molecule has 1 rings (SSSR count). The highest BCUT2D eigenvalue weighted by atomic mass is 32.2. The van der Waals surface area contributed by atoms with Gasteiger partial charge in [-0.05, 0) is 25.3 Å². The predicted molar refractivity (Wildman–Crippen MR) is 70.0 cm³/mol. The molecule has 0 spiro atoms. The molecule has 1 aliphatic rings. The predicted octanol–water partition coefficient (Wildman–Crippen LogP) is 0.551. The van der Waals surface area contributed by atoms with Crippen molar-refractivity contribution >= 4 is 10.2 Å². The van der Waals surface area contributed by atoms with Crippen molar-refractivity contribution < 1.29 is 8.42 Å². The lowest BCUT2D eigenvalue weighted by Crippen LogP contribution is -2.51. The highest BCUT2D eigenvalue weighted by Gasteiger charge is 2.28. The monoisotopic (exact) mass is 263 g/mol. The molecule has 0 aliphatic carbocycles. The topological polar surface area (TPSA) is 61.4 Å². The van der Waals surface area contributed by atoms with Gasteiger partial charge in [-0.2, -0.15) is 12.7 Å². The summed E-state index contributed by atoms with van der Waals surface area (Å²) in [7, 11) is -3.29. The standard InChI is InChI=1S/C11H25N3O2S/c1-4-12-11-6-5-7-14(9-11)17(15,16)13-8-10(2)3/h10-13H,4-9H2,1-3H3. The third-order valence-corrected chi connectivity index (χ3v) is 4.43. The molecule has 1 fully saturated rings. The lowest BCUT2D eigenvalue weighted by molar-refractivity contribution is 0.283. The third-order valence-electron chi connectivity index (χ3n) is 2.89. The van der Waals surface area contributed by atoms with Gasteiger partial charge in [0.05, 0.1) is 0 Å². The van der Waals surface area contributed by atoms with Crippen LogP contribution in [0.15, 0.2) is 0 Å². The Morgan fingerprint density at radius 2 is 2.12 bits per heavy atom. The Labute approximate surface area is 105 Å². The van der Waals surface area contributed by atoms with E-state index in [0.29, 0.717) is 31.6 Å².